The Kier molecular flexibility index (Phi) is 5.62. The summed E-state index contributed by atoms with van der Waals surface area (Å²) in [5.74, 6) is -0.633. The summed E-state index contributed by atoms with van der Waals surface area (Å²) in [7, 11) is 0. The van der Waals surface area contributed by atoms with E-state index in [0.29, 0.717) is 24.5 Å². The van der Waals surface area contributed by atoms with Gasteiger partial charge in [-0.25, -0.2) is 4.79 Å². The maximum Gasteiger partial charge on any atom is 0.337 e. The molecule has 2 saturated carbocycles. The molecule has 2 aliphatic carbocycles. The standard InChI is InChI=1S/C25H36O6/c1-15-7-10-20-24(5,12-11-21-25(20,6)14-29-23(3,4)31-21)18(15)9-8-17-19(30-16(2)26)13-28-22(17)27/h8,18-21H,1,7,9-14H2,2-6H3/b17-8-/t18-,19?,20?,21-,24+,25+/m1/s1. The third-order valence-corrected chi connectivity index (χ3v) is 8.30. The molecule has 0 amide bonds. The molecule has 0 N–H and O–H groups in total. The SMILES string of the molecule is C=C1CCC2[C@]3(C)COC(C)(C)O[C@@H]3CC[C@@]2(C)[C@@H]1C/C=C1\C(=O)OCC1OC(C)=O. The lowest BCUT2D eigenvalue weighted by atomic mass is 9.46. The van der Waals surface area contributed by atoms with Crippen LogP contribution in [0.2, 0.25) is 0 Å². The Balaban J connectivity index is 1.59. The third kappa shape index (κ3) is 3.86. The first-order valence-corrected chi connectivity index (χ1v) is 11.5. The van der Waals surface area contributed by atoms with Gasteiger partial charge in [-0.1, -0.05) is 32.1 Å². The van der Waals surface area contributed by atoms with E-state index < -0.39 is 17.9 Å². The smallest absolute Gasteiger partial charge is 0.337 e. The van der Waals surface area contributed by atoms with Crippen molar-refractivity contribution in [1.29, 1.82) is 0 Å². The van der Waals surface area contributed by atoms with Crippen molar-refractivity contribution in [3.63, 3.8) is 0 Å². The second-order valence-electron chi connectivity index (χ2n) is 10.7. The van der Waals surface area contributed by atoms with E-state index in [1.807, 2.05) is 19.9 Å². The Hall–Kier alpha value is -1.66. The highest BCUT2D eigenvalue weighted by atomic mass is 16.7. The molecule has 0 bridgehead atoms. The largest absolute Gasteiger partial charge is 0.458 e. The summed E-state index contributed by atoms with van der Waals surface area (Å²) < 4.78 is 22.9. The third-order valence-electron chi connectivity index (χ3n) is 8.30. The zero-order valence-corrected chi connectivity index (χ0v) is 19.5. The number of hydrogen-bond donors (Lipinski definition) is 0. The topological polar surface area (TPSA) is 71.1 Å². The van der Waals surface area contributed by atoms with E-state index in [2.05, 4.69) is 20.4 Å². The van der Waals surface area contributed by atoms with Crippen LogP contribution >= 0.6 is 0 Å². The minimum atomic E-state index is -0.610. The summed E-state index contributed by atoms with van der Waals surface area (Å²) in [5.41, 5.74) is 1.71. The summed E-state index contributed by atoms with van der Waals surface area (Å²) in [5, 5.41) is 0. The van der Waals surface area contributed by atoms with Crippen molar-refractivity contribution >= 4 is 11.9 Å². The van der Waals surface area contributed by atoms with Gasteiger partial charge >= 0.3 is 11.9 Å². The Morgan fingerprint density at radius 1 is 1.23 bits per heavy atom. The van der Waals surface area contributed by atoms with Gasteiger partial charge in [-0.05, 0) is 63.2 Å². The fourth-order valence-electron chi connectivity index (χ4n) is 6.71. The number of cyclic esters (lactones) is 1. The monoisotopic (exact) mass is 432 g/mol. The van der Waals surface area contributed by atoms with E-state index >= 15 is 0 Å². The Morgan fingerprint density at radius 3 is 2.68 bits per heavy atom. The van der Waals surface area contributed by atoms with E-state index in [0.717, 1.165) is 25.7 Å². The van der Waals surface area contributed by atoms with Crippen LogP contribution < -0.4 is 0 Å². The second kappa shape index (κ2) is 7.73. The van der Waals surface area contributed by atoms with E-state index in [-0.39, 0.29) is 35.4 Å². The van der Waals surface area contributed by atoms with Crippen LogP contribution in [0, 0.1) is 22.7 Å². The number of fused-ring (bicyclic) bond motifs is 3. The highest BCUT2D eigenvalue weighted by Crippen LogP contribution is 2.63. The molecular formula is C25H36O6. The van der Waals surface area contributed by atoms with Crippen LogP contribution in [0.15, 0.2) is 23.8 Å². The second-order valence-corrected chi connectivity index (χ2v) is 10.7. The molecule has 2 heterocycles. The first kappa shape index (κ1) is 22.5. The van der Waals surface area contributed by atoms with Gasteiger partial charge in [0.05, 0.1) is 18.3 Å². The molecule has 4 aliphatic rings. The van der Waals surface area contributed by atoms with Gasteiger partial charge in [0.15, 0.2) is 11.9 Å². The molecule has 2 aliphatic heterocycles. The molecule has 0 aromatic carbocycles. The van der Waals surface area contributed by atoms with Crippen molar-refractivity contribution in [1.82, 2.24) is 0 Å². The zero-order chi connectivity index (χ0) is 22.6. The average molecular weight is 433 g/mol. The predicted molar refractivity (Wildman–Crippen MR) is 115 cm³/mol. The number of ether oxygens (including phenoxy) is 4. The Morgan fingerprint density at radius 2 is 1.97 bits per heavy atom. The molecule has 6 heteroatoms. The first-order valence-electron chi connectivity index (χ1n) is 11.5. The van der Waals surface area contributed by atoms with Crippen molar-refractivity contribution in [3.8, 4) is 0 Å². The lowest BCUT2D eigenvalue weighted by Crippen LogP contribution is -2.62. The molecule has 0 spiro atoms. The summed E-state index contributed by atoms with van der Waals surface area (Å²) in [6, 6.07) is 0. The molecule has 6 nitrogen and oxygen atoms in total. The average Bonchev–Trinajstić information content (AvgIpc) is 3.01. The van der Waals surface area contributed by atoms with Gasteiger partial charge in [-0.15, -0.1) is 0 Å². The van der Waals surface area contributed by atoms with Gasteiger partial charge in [0.25, 0.3) is 0 Å². The molecule has 172 valence electrons. The molecule has 6 atom stereocenters. The lowest BCUT2D eigenvalue weighted by molar-refractivity contribution is -0.344. The minimum absolute atomic E-state index is 0.0405. The Bertz CT molecular complexity index is 813. The van der Waals surface area contributed by atoms with E-state index in [4.69, 9.17) is 18.9 Å². The van der Waals surface area contributed by atoms with Crippen molar-refractivity contribution in [2.24, 2.45) is 22.7 Å². The van der Waals surface area contributed by atoms with Crippen LogP contribution in [0.4, 0.5) is 0 Å². The van der Waals surface area contributed by atoms with Gasteiger partial charge in [-0.2, -0.15) is 0 Å². The highest BCUT2D eigenvalue weighted by Gasteiger charge is 2.60. The van der Waals surface area contributed by atoms with Gasteiger partial charge in [0.2, 0.25) is 0 Å². The number of hydrogen-bond acceptors (Lipinski definition) is 6. The first-order chi connectivity index (χ1) is 14.5. The summed E-state index contributed by atoms with van der Waals surface area (Å²) in [6.45, 7) is 15.3. The number of esters is 2. The highest BCUT2D eigenvalue weighted by molar-refractivity contribution is 5.92. The maximum atomic E-state index is 12.2. The fourth-order valence-corrected chi connectivity index (χ4v) is 6.71. The maximum absolute atomic E-state index is 12.2. The van der Waals surface area contributed by atoms with Crippen molar-refractivity contribution < 1.29 is 28.5 Å². The number of rotatable bonds is 3. The number of carbonyl (C=O) groups is 2. The van der Waals surface area contributed by atoms with E-state index in [9.17, 15) is 9.59 Å². The molecular weight excluding hydrogens is 396 g/mol. The van der Waals surface area contributed by atoms with Crippen LogP contribution in [0.5, 0.6) is 0 Å². The molecule has 4 fully saturated rings. The molecule has 2 unspecified atom stereocenters. The molecule has 2 saturated heterocycles. The molecule has 31 heavy (non-hydrogen) atoms. The molecule has 0 radical (unpaired) electrons. The van der Waals surface area contributed by atoms with Crippen LogP contribution in [-0.4, -0.2) is 43.1 Å². The Labute approximate surface area is 185 Å². The molecule has 0 aromatic heterocycles. The van der Waals surface area contributed by atoms with Gasteiger partial charge < -0.3 is 18.9 Å². The summed E-state index contributed by atoms with van der Waals surface area (Å²) >= 11 is 0. The fraction of sp³-hybridized carbons (Fsp3) is 0.760. The van der Waals surface area contributed by atoms with Crippen molar-refractivity contribution in [2.45, 2.75) is 84.7 Å². The molecule has 4 rings (SSSR count). The predicted octanol–water partition coefficient (Wildman–Crippen LogP) is 4.33. The zero-order valence-electron chi connectivity index (χ0n) is 19.5. The van der Waals surface area contributed by atoms with E-state index in [1.54, 1.807) is 0 Å². The quantitative estimate of drug-likeness (QED) is 0.376. The number of allylic oxidation sites excluding steroid dienone is 2. The van der Waals surface area contributed by atoms with Gasteiger partial charge in [0, 0.05) is 12.3 Å². The minimum Gasteiger partial charge on any atom is -0.458 e. The lowest BCUT2D eigenvalue weighted by Gasteiger charge is -2.63. The number of carbonyl (C=O) groups excluding carboxylic acids is 2. The van der Waals surface area contributed by atoms with Gasteiger partial charge in [0.1, 0.15) is 6.61 Å². The normalized spacial score (nSPS) is 43.2. The van der Waals surface area contributed by atoms with Crippen LogP contribution in [0.25, 0.3) is 0 Å². The summed E-state index contributed by atoms with van der Waals surface area (Å²) in [4.78, 5) is 23.7. The summed E-state index contributed by atoms with van der Waals surface area (Å²) in [6.07, 6.45) is 6.31. The van der Waals surface area contributed by atoms with Crippen molar-refractivity contribution in [3.05, 3.63) is 23.8 Å². The van der Waals surface area contributed by atoms with Crippen LogP contribution in [0.1, 0.15) is 66.7 Å². The molecule has 0 aromatic rings. The van der Waals surface area contributed by atoms with Crippen molar-refractivity contribution in [2.75, 3.05) is 13.2 Å². The van der Waals surface area contributed by atoms with Crippen LogP contribution in [-0.2, 0) is 28.5 Å². The van der Waals surface area contributed by atoms with Crippen LogP contribution in [0.3, 0.4) is 0 Å². The van der Waals surface area contributed by atoms with Gasteiger partial charge in [-0.3, -0.25) is 4.79 Å². The van der Waals surface area contributed by atoms with E-state index in [1.165, 1.54) is 12.5 Å².